The van der Waals surface area contributed by atoms with Crippen molar-refractivity contribution in [2.24, 2.45) is 5.73 Å². The second-order valence-electron chi connectivity index (χ2n) is 6.20. The van der Waals surface area contributed by atoms with Gasteiger partial charge in [0.15, 0.2) is 5.65 Å². The van der Waals surface area contributed by atoms with Gasteiger partial charge in [-0.05, 0) is 29.7 Å². The monoisotopic (exact) mass is 343 g/mol. The Morgan fingerprint density at radius 3 is 2.46 bits per heavy atom. The Bertz CT molecular complexity index is 990. The minimum absolute atomic E-state index is 0.543. The van der Waals surface area contributed by atoms with Gasteiger partial charge in [-0.3, -0.25) is 0 Å². The summed E-state index contributed by atoms with van der Waals surface area (Å²) in [5, 5.41) is 8.10. The molecule has 0 atom stereocenters. The van der Waals surface area contributed by atoms with Crippen LogP contribution in [-0.2, 0) is 13.0 Å². The van der Waals surface area contributed by atoms with Crippen LogP contribution in [0.4, 0.5) is 5.82 Å². The van der Waals surface area contributed by atoms with Crippen molar-refractivity contribution in [2.45, 2.75) is 13.0 Å². The van der Waals surface area contributed by atoms with Gasteiger partial charge in [0, 0.05) is 18.7 Å². The molecule has 0 radical (unpaired) electrons. The van der Waals surface area contributed by atoms with E-state index in [0.717, 1.165) is 41.3 Å². The second kappa shape index (κ2) is 7.37. The molecule has 5 heteroatoms. The fraction of sp³-hybridized carbons (Fsp3) is 0.143. The first-order chi connectivity index (χ1) is 12.8. The van der Waals surface area contributed by atoms with Crippen LogP contribution >= 0.6 is 0 Å². The van der Waals surface area contributed by atoms with E-state index in [2.05, 4.69) is 46.7 Å². The average molecular weight is 343 g/mol. The molecule has 0 bridgehead atoms. The molecule has 0 unspecified atom stereocenters. The van der Waals surface area contributed by atoms with Crippen molar-refractivity contribution in [3.63, 3.8) is 0 Å². The highest BCUT2D eigenvalue weighted by Gasteiger charge is 2.08. The molecule has 0 amide bonds. The van der Waals surface area contributed by atoms with E-state index >= 15 is 0 Å². The fourth-order valence-corrected chi connectivity index (χ4v) is 2.96. The molecule has 0 aliphatic heterocycles. The zero-order chi connectivity index (χ0) is 17.8. The van der Waals surface area contributed by atoms with Crippen LogP contribution in [0.3, 0.4) is 0 Å². The Kier molecular flexibility index (Phi) is 4.62. The number of benzene rings is 2. The number of hydrogen-bond donors (Lipinski definition) is 2. The van der Waals surface area contributed by atoms with Gasteiger partial charge in [-0.1, -0.05) is 54.6 Å². The van der Waals surface area contributed by atoms with Crippen molar-refractivity contribution in [1.82, 2.24) is 14.6 Å². The summed E-state index contributed by atoms with van der Waals surface area (Å²) in [5.41, 5.74) is 11.0. The van der Waals surface area contributed by atoms with E-state index in [1.807, 2.05) is 41.0 Å². The van der Waals surface area contributed by atoms with Gasteiger partial charge >= 0.3 is 0 Å². The third-order valence-electron chi connectivity index (χ3n) is 4.41. The summed E-state index contributed by atoms with van der Waals surface area (Å²) in [7, 11) is 0. The molecule has 3 N–H and O–H groups in total. The average Bonchev–Trinajstić information content (AvgIpc) is 3.12. The van der Waals surface area contributed by atoms with Crippen LogP contribution in [-0.4, -0.2) is 21.1 Å². The van der Waals surface area contributed by atoms with E-state index < -0.39 is 0 Å². The number of aromatic nitrogens is 3. The molecule has 2 heterocycles. The molecule has 0 spiro atoms. The van der Waals surface area contributed by atoms with Gasteiger partial charge in [0.1, 0.15) is 5.82 Å². The third-order valence-corrected chi connectivity index (χ3v) is 4.41. The van der Waals surface area contributed by atoms with E-state index in [-0.39, 0.29) is 0 Å². The van der Waals surface area contributed by atoms with Gasteiger partial charge in [-0.15, -0.1) is 5.10 Å². The van der Waals surface area contributed by atoms with Crippen LogP contribution in [0.1, 0.15) is 11.1 Å². The lowest BCUT2D eigenvalue weighted by molar-refractivity contribution is 0.920. The largest absolute Gasteiger partial charge is 0.368 e. The SMILES string of the molecule is NCc1ccc(-c2cnc3ccc(NCCc4ccccc4)nn23)cc1. The van der Waals surface area contributed by atoms with Crippen LogP contribution in [0.2, 0.25) is 0 Å². The summed E-state index contributed by atoms with van der Waals surface area (Å²) in [4.78, 5) is 4.45. The topological polar surface area (TPSA) is 68.2 Å². The van der Waals surface area contributed by atoms with Crippen molar-refractivity contribution >= 4 is 11.5 Å². The van der Waals surface area contributed by atoms with E-state index in [0.29, 0.717) is 6.54 Å². The summed E-state index contributed by atoms with van der Waals surface area (Å²) < 4.78 is 1.88. The van der Waals surface area contributed by atoms with Crippen molar-refractivity contribution < 1.29 is 0 Å². The minimum atomic E-state index is 0.543. The van der Waals surface area contributed by atoms with Gasteiger partial charge in [-0.25, -0.2) is 9.50 Å². The number of rotatable bonds is 6. The summed E-state index contributed by atoms with van der Waals surface area (Å²) in [6.07, 6.45) is 2.81. The Hall–Kier alpha value is -3.18. The molecule has 0 aliphatic rings. The van der Waals surface area contributed by atoms with E-state index in [9.17, 15) is 0 Å². The molecular weight excluding hydrogens is 322 g/mol. The standard InChI is InChI=1S/C21H21N5/c22-14-17-6-8-18(9-7-17)19-15-24-21-11-10-20(25-26(19)21)23-13-12-16-4-2-1-3-5-16/h1-11,15H,12-14,22H2,(H,23,25). The molecule has 5 nitrogen and oxygen atoms in total. The molecule has 2 aromatic heterocycles. The number of nitrogens with zero attached hydrogens (tertiary/aromatic N) is 3. The maximum absolute atomic E-state index is 5.68. The van der Waals surface area contributed by atoms with E-state index in [1.165, 1.54) is 5.56 Å². The minimum Gasteiger partial charge on any atom is -0.368 e. The number of fused-ring (bicyclic) bond motifs is 1. The highest BCUT2D eigenvalue weighted by molar-refractivity contribution is 5.63. The van der Waals surface area contributed by atoms with Crippen LogP contribution in [0.25, 0.3) is 16.9 Å². The first kappa shape index (κ1) is 16.3. The molecule has 26 heavy (non-hydrogen) atoms. The molecule has 4 aromatic rings. The molecule has 0 saturated heterocycles. The Labute approximate surface area is 152 Å². The maximum atomic E-state index is 5.68. The Morgan fingerprint density at radius 1 is 0.885 bits per heavy atom. The van der Waals surface area contributed by atoms with Crippen LogP contribution in [0, 0.1) is 0 Å². The Morgan fingerprint density at radius 2 is 1.69 bits per heavy atom. The predicted molar refractivity (Wildman–Crippen MR) is 105 cm³/mol. The first-order valence-corrected chi connectivity index (χ1v) is 8.75. The molecule has 0 aliphatic carbocycles. The molecule has 4 rings (SSSR count). The van der Waals surface area contributed by atoms with Gasteiger partial charge < -0.3 is 11.1 Å². The summed E-state index contributed by atoms with van der Waals surface area (Å²) in [5.74, 6) is 0.839. The van der Waals surface area contributed by atoms with Gasteiger partial charge in [0.2, 0.25) is 0 Å². The fourth-order valence-electron chi connectivity index (χ4n) is 2.96. The number of nitrogens with two attached hydrogens (primary N) is 1. The highest BCUT2D eigenvalue weighted by atomic mass is 15.3. The summed E-state index contributed by atoms with van der Waals surface area (Å²) >= 11 is 0. The van der Waals surface area contributed by atoms with Gasteiger partial charge in [0.25, 0.3) is 0 Å². The normalized spacial score (nSPS) is 11.0. The van der Waals surface area contributed by atoms with Crippen molar-refractivity contribution in [1.29, 1.82) is 0 Å². The first-order valence-electron chi connectivity index (χ1n) is 8.75. The number of anilines is 1. The van der Waals surface area contributed by atoms with E-state index in [4.69, 9.17) is 10.8 Å². The van der Waals surface area contributed by atoms with Gasteiger partial charge in [-0.2, -0.15) is 0 Å². The molecule has 0 saturated carbocycles. The zero-order valence-electron chi connectivity index (χ0n) is 14.5. The number of hydrogen-bond acceptors (Lipinski definition) is 4. The molecule has 2 aromatic carbocycles. The second-order valence-corrected chi connectivity index (χ2v) is 6.20. The molecule has 0 fully saturated rings. The Balaban J connectivity index is 1.54. The van der Waals surface area contributed by atoms with Crippen molar-refractivity contribution in [3.05, 3.63) is 84.1 Å². The van der Waals surface area contributed by atoms with E-state index in [1.54, 1.807) is 0 Å². The lowest BCUT2D eigenvalue weighted by Crippen LogP contribution is -2.08. The van der Waals surface area contributed by atoms with Crippen molar-refractivity contribution in [2.75, 3.05) is 11.9 Å². The van der Waals surface area contributed by atoms with Crippen molar-refractivity contribution in [3.8, 4) is 11.3 Å². The quantitative estimate of drug-likeness (QED) is 0.562. The molecular formula is C21H21N5. The summed E-state index contributed by atoms with van der Waals surface area (Å²) in [6, 6.07) is 22.6. The zero-order valence-corrected chi connectivity index (χ0v) is 14.5. The highest BCUT2D eigenvalue weighted by Crippen LogP contribution is 2.21. The third kappa shape index (κ3) is 3.43. The van der Waals surface area contributed by atoms with Crippen LogP contribution < -0.4 is 11.1 Å². The van der Waals surface area contributed by atoms with Crippen LogP contribution in [0.5, 0.6) is 0 Å². The number of imidazole rings is 1. The van der Waals surface area contributed by atoms with Crippen LogP contribution in [0.15, 0.2) is 72.9 Å². The smallest absolute Gasteiger partial charge is 0.154 e. The maximum Gasteiger partial charge on any atom is 0.154 e. The summed E-state index contributed by atoms with van der Waals surface area (Å²) in [6.45, 7) is 1.37. The molecule has 130 valence electrons. The predicted octanol–water partition coefficient (Wildman–Crippen LogP) is 3.51. The number of nitrogens with one attached hydrogen (secondary N) is 1. The lowest BCUT2D eigenvalue weighted by Gasteiger charge is -2.07. The van der Waals surface area contributed by atoms with Gasteiger partial charge in [0.05, 0.1) is 11.9 Å². The lowest BCUT2D eigenvalue weighted by atomic mass is 10.1.